The molecule has 1 aliphatic rings. The molecule has 1 aromatic carbocycles. The van der Waals surface area contributed by atoms with Crippen LogP contribution in [-0.2, 0) is 4.79 Å². The maximum Gasteiger partial charge on any atom is 0.235 e. The summed E-state index contributed by atoms with van der Waals surface area (Å²) in [7, 11) is 1.82. The fourth-order valence-corrected chi connectivity index (χ4v) is 3.09. The Morgan fingerprint density at radius 3 is 2.79 bits per heavy atom. The summed E-state index contributed by atoms with van der Waals surface area (Å²) in [6, 6.07) is 9.67. The van der Waals surface area contributed by atoms with Gasteiger partial charge in [-0.25, -0.2) is 0 Å². The molecule has 0 radical (unpaired) electrons. The van der Waals surface area contributed by atoms with Crippen molar-refractivity contribution in [1.29, 1.82) is 0 Å². The van der Waals surface area contributed by atoms with Gasteiger partial charge in [0.1, 0.15) is 0 Å². The van der Waals surface area contributed by atoms with Crippen LogP contribution < -0.4 is 0 Å². The molecule has 6 nitrogen and oxygen atoms in total. The van der Waals surface area contributed by atoms with Crippen molar-refractivity contribution in [3.05, 3.63) is 30.3 Å². The minimum absolute atomic E-state index is 0.0848. The van der Waals surface area contributed by atoms with Gasteiger partial charge in [-0.1, -0.05) is 30.0 Å². The van der Waals surface area contributed by atoms with Crippen LogP contribution in [-0.4, -0.2) is 49.9 Å². The van der Waals surface area contributed by atoms with Gasteiger partial charge in [-0.05, 0) is 29.0 Å². The highest BCUT2D eigenvalue weighted by Gasteiger charge is 2.31. The van der Waals surface area contributed by atoms with Gasteiger partial charge in [-0.2, -0.15) is 4.68 Å². The Morgan fingerprint density at radius 1 is 1.32 bits per heavy atom. The summed E-state index contributed by atoms with van der Waals surface area (Å²) in [5.41, 5.74) is 0.897. The van der Waals surface area contributed by atoms with Crippen molar-refractivity contribution < 1.29 is 4.79 Å². The molecular formula is C12H13N5OS. The molecule has 0 spiro atoms. The molecule has 7 heteroatoms. The molecule has 1 aliphatic heterocycles. The number of nitrogens with zero attached hydrogens (tertiary/aromatic N) is 5. The number of benzene rings is 1. The number of likely N-dealkylation sites (tertiary alicyclic amines) is 1. The zero-order chi connectivity index (χ0) is 13.2. The summed E-state index contributed by atoms with van der Waals surface area (Å²) in [5.74, 6) is 0.146. The van der Waals surface area contributed by atoms with E-state index >= 15 is 0 Å². The molecule has 1 saturated heterocycles. The minimum Gasteiger partial charge on any atom is -0.345 e. The first kappa shape index (κ1) is 12.2. The number of hydrogen-bond donors (Lipinski definition) is 0. The summed E-state index contributed by atoms with van der Waals surface area (Å²) in [6.45, 7) is 0.795. The molecule has 2 heterocycles. The Labute approximate surface area is 114 Å². The van der Waals surface area contributed by atoms with E-state index in [4.69, 9.17) is 0 Å². The van der Waals surface area contributed by atoms with Gasteiger partial charge in [0.15, 0.2) is 0 Å². The lowest BCUT2D eigenvalue weighted by atomic mass is 10.3. The fraction of sp³-hybridized carbons (Fsp3) is 0.333. The first-order chi connectivity index (χ1) is 9.25. The highest BCUT2D eigenvalue weighted by molar-refractivity contribution is 8.00. The summed E-state index contributed by atoms with van der Waals surface area (Å²) in [6.07, 6.45) is 0.835. The number of aromatic nitrogens is 4. The topological polar surface area (TPSA) is 63.9 Å². The predicted octanol–water partition coefficient (Wildman–Crippen LogP) is 0.985. The van der Waals surface area contributed by atoms with Crippen molar-refractivity contribution >= 4 is 17.7 Å². The molecule has 1 aromatic heterocycles. The Morgan fingerprint density at radius 2 is 2.11 bits per heavy atom. The molecule has 0 bridgehead atoms. The molecule has 0 aliphatic carbocycles. The zero-order valence-electron chi connectivity index (χ0n) is 10.4. The smallest absolute Gasteiger partial charge is 0.235 e. The second-order valence-corrected chi connectivity index (χ2v) is 5.53. The molecule has 98 valence electrons. The Bertz CT molecular complexity index is 585. The van der Waals surface area contributed by atoms with Gasteiger partial charge in [0, 0.05) is 13.6 Å². The van der Waals surface area contributed by atoms with Crippen molar-refractivity contribution in [3.8, 4) is 5.69 Å². The molecule has 0 saturated carbocycles. The van der Waals surface area contributed by atoms with Crippen LogP contribution in [0.25, 0.3) is 5.69 Å². The average molecular weight is 275 g/mol. The van der Waals surface area contributed by atoms with Gasteiger partial charge in [-0.15, -0.1) is 5.10 Å². The number of tetrazole rings is 1. The molecule has 2 aromatic rings. The van der Waals surface area contributed by atoms with Crippen molar-refractivity contribution in [2.75, 3.05) is 13.6 Å². The zero-order valence-corrected chi connectivity index (χ0v) is 11.2. The largest absolute Gasteiger partial charge is 0.345 e. The molecule has 0 N–H and O–H groups in total. The van der Waals surface area contributed by atoms with E-state index in [9.17, 15) is 4.79 Å². The maximum atomic E-state index is 11.9. The Balaban J connectivity index is 1.84. The maximum absolute atomic E-state index is 11.9. The summed E-state index contributed by atoms with van der Waals surface area (Å²) in [4.78, 5) is 13.7. The second kappa shape index (κ2) is 5.00. The monoisotopic (exact) mass is 275 g/mol. The number of para-hydroxylation sites is 1. The van der Waals surface area contributed by atoms with E-state index in [0.717, 1.165) is 18.7 Å². The van der Waals surface area contributed by atoms with Crippen molar-refractivity contribution in [2.24, 2.45) is 0 Å². The molecule has 19 heavy (non-hydrogen) atoms. The predicted molar refractivity (Wildman–Crippen MR) is 71.1 cm³/mol. The number of rotatable bonds is 3. The second-order valence-electron chi connectivity index (χ2n) is 4.36. The summed E-state index contributed by atoms with van der Waals surface area (Å²) >= 11 is 1.43. The highest BCUT2D eigenvalue weighted by Crippen LogP contribution is 2.29. The van der Waals surface area contributed by atoms with E-state index in [-0.39, 0.29) is 11.2 Å². The van der Waals surface area contributed by atoms with Gasteiger partial charge < -0.3 is 4.90 Å². The fourth-order valence-electron chi connectivity index (χ4n) is 2.01. The van der Waals surface area contributed by atoms with E-state index in [2.05, 4.69) is 15.5 Å². The van der Waals surface area contributed by atoms with Gasteiger partial charge >= 0.3 is 0 Å². The molecule has 3 rings (SSSR count). The van der Waals surface area contributed by atoms with Gasteiger partial charge in [0.2, 0.25) is 11.1 Å². The summed E-state index contributed by atoms with van der Waals surface area (Å²) in [5, 5.41) is 12.3. The third kappa shape index (κ3) is 2.33. The van der Waals surface area contributed by atoms with Crippen LogP contribution in [0, 0.1) is 0 Å². The number of carbonyl (C=O) groups excluding carboxylic acids is 1. The van der Waals surface area contributed by atoms with Crippen LogP contribution in [0.5, 0.6) is 0 Å². The lowest BCUT2D eigenvalue weighted by Gasteiger charge is -2.09. The molecule has 1 atom stereocenters. The van der Waals surface area contributed by atoms with E-state index < -0.39 is 0 Å². The van der Waals surface area contributed by atoms with Crippen LogP contribution in [0.3, 0.4) is 0 Å². The van der Waals surface area contributed by atoms with Crippen LogP contribution in [0.15, 0.2) is 35.5 Å². The van der Waals surface area contributed by atoms with E-state index in [1.807, 2.05) is 37.4 Å². The van der Waals surface area contributed by atoms with Crippen molar-refractivity contribution in [3.63, 3.8) is 0 Å². The Kier molecular flexibility index (Phi) is 3.20. The van der Waals surface area contributed by atoms with Gasteiger partial charge in [0.25, 0.3) is 0 Å². The molecule has 1 unspecified atom stereocenters. The number of carbonyl (C=O) groups is 1. The number of thioether (sulfide) groups is 1. The first-order valence-electron chi connectivity index (χ1n) is 6.01. The van der Waals surface area contributed by atoms with E-state index in [0.29, 0.717) is 5.16 Å². The highest BCUT2D eigenvalue weighted by atomic mass is 32.2. The standard InChI is InChI=1S/C12H13N5OS/c1-16-8-7-10(11(16)18)19-12-13-14-15-17(12)9-5-3-2-4-6-9/h2-6,10H,7-8H2,1H3. The number of hydrogen-bond acceptors (Lipinski definition) is 5. The first-order valence-corrected chi connectivity index (χ1v) is 6.89. The van der Waals surface area contributed by atoms with E-state index in [1.54, 1.807) is 9.58 Å². The van der Waals surface area contributed by atoms with Gasteiger partial charge in [-0.3, -0.25) is 4.79 Å². The van der Waals surface area contributed by atoms with Gasteiger partial charge in [0.05, 0.1) is 10.9 Å². The van der Waals surface area contributed by atoms with Crippen LogP contribution in [0.2, 0.25) is 0 Å². The third-order valence-corrected chi connectivity index (χ3v) is 4.25. The lowest BCUT2D eigenvalue weighted by molar-refractivity contribution is -0.126. The van der Waals surface area contributed by atoms with Crippen molar-refractivity contribution in [1.82, 2.24) is 25.1 Å². The minimum atomic E-state index is -0.0848. The lowest BCUT2D eigenvalue weighted by Crippen LogP contribution is -2.24. The summed E-state index contributed by atoms with van der Waals surface area (Å²) < 4.78 is 1.66. The Hall–Kier alpha value is -1.89. The SMILES string of the molecule is CN1CCC(Sc2nnnn2-c2ccccc2)C1=O. The molecule has 1 fully saturated rings. The molecular weight excluding hydrogens is 262 g/mol. The van der Waals surface area contributed by atoms with Crippen LogP contribution >= 0.6 is 11.8 Å². The third-order valence-electron chi connectivity index (χ3n) is 3.07. The van der Waals surface area contributed by atoms with E-state index in [1.165, 1.54) is 11.8 Å². The quantitative estimate of drug-likeness (QED) is 0.835. The van der Waals surface area contributed by atoms with Crippen LogP contribution in [0.1, 0.15) is 6.42 Å². The van der Waals surface area contributed by atoms with Crippen LogP contribution in [0.4, 0.5) is 0 Å². The van der Waals surface area contributed by atoms with Crippen molar-refractivity contribution in [2.45, 2.75) is 16.8 Å². The normalized spacial score (nSPS) is 19.1. The molecule has 1 amide bonds. The number of amides is 1. The average Bonchev–Trinajstić information content (AvgIpc) is 3.02.